The first-order valence-corrected chi connectivity index (χ1v) is 15.0. The number of aliphatic hydroxyl groups is 3. The number of esters is 1. The number of alkyl carbamates (subject to hydrolysis) is 1. The average Bonchev–Trinajstić information content (AvgIpc) is 3.02. The van der Waals surface area contributed by atoms with Crippen LogP contribution in [0, 0.1) is 0 Å². The molecule has 3 heterocycles. The molecule has 17 heteroatoms. The highest BCUT2D eigenvalue weighted by Gasteiger charge is 2.46. The quantitative estimate of drug-likeness (QED) is 0.264. The lowest BCUT2D eigenvalue weighted by Gasteiger charge is -2.40. The van der Waals surface area contributed by atoms with Gasteiger partial charge in [-0.1, -0.05) is 6.07 Å². The van der Waals surface area contributed by atoms with E-state index in [1.807, 2.05) is 0 Å². The van der Waals surface area contributed by atoms with E-state index in [1.54, 1.807) is 20.8 Å². The second kappa shape index (κ2) is 13.7. The van der Waals surface area contributed by atoms with Crippen molar-refractivity contribution in [1.29, 1.82) is 0 Å². The summed E-state index contributed by atoms with van der Waals surface area (Å²) >= 11 is 0. The first-order chi connectivity index (χ1) is 22.9. The second-order valence-corrected chi connectivity index (χ2v) is 12.3. The van der Waals surface area contributed by atoms with Gasteiger partial charge in [-0.25, -0.2) is 9.59 Å². The molecule has 2 aliphatic rings. The summed E-state index contributed by atoms with van der Waals surface area (Å²) < 4.78 is 80.2. The Balaban J connectivity index is 1.35. The lowest BCUT2D eigenvalue weighted by atomic mass is 9.99. The molecule has 0 unspecified atom stereocenters. The number of amides is 1. The van der Waals surface area contributed by atoms with Crippen molar-refractivity contribution in [3.8, 4) is 28.4 Å². The molecule has 6 atom stereocenters. The molecule has 1 fully saturated rings. The minimum absolute atomic E-state index is 0.111. The number of fused-ring (bicyclic) bond motifs is 2. The predicted octanol–water partition coefficient (Wildman–Crippen LogP) is 2.89. The van der Waals surface area contributed by atoms with Crippen LogP contribution in [0.2, 0.25) is 0 Å². The smallest absolute Gasteiger partial charge is 0.450 e. The molecule has 49 heavy (non-hydrogen) atoms. The van der Waals surface area contributed by atoms with Gasteiger partial charge in [0, 0.05) is 6.07 Å². The highest BCUT2D eigenvalue weighted by Crippen LogP contribution is 2.41. The molecular weight excluding hydrogens is 663 g/mol. The number of alkyl halides is 3. The van der Waals surface area contributed by atoms with Gasteiger partial charge < -0.3 is 53.5 Å². The van der Waals surface area contributed by atoms with Crippen LogP contribution in [0.25, 0.3) is 22.1 Å². The SMILES string of the molecule is C[C@@H](NC(=O)OC(C)(C)C)C(=O)OC[C@H]1O[C@@H](Oc2ccc3c(=O)c(-c4ccc5c(c4)OCCO5)c(C(F)(F)F)oc3c2)[C@@H](O)[C@H](O)[C@@H]1O. The first-order valence-electron chi connectivity index (χ1n) is 15.0. The van der Waals surface area contributed by atoms with Crippen molar-refractivity contribution in [3.05, 3.63) is 52.4 Å². The number of ether oxygens (including phenoxy) is 6. The van der Waals surface area contributed by atoms with Gasteiger partial charge >= 0.3 is 18.2 Å². The molecule has 2 aromatic carbocycles. The number of carbonyl (C=O) groups excluding carboxylic acids is 2. The van der Waals surface area contributed by atoms with Crippen LogP contribution in [0.4, 0.5) is 18.0 Å². The molecule has 2 aliphatic heterocycles. The number of benzene rings is 2. The van der Waals surface area contributed by atoms with E-state index in [0.717, 1.165) is 12.1 Å². The summed E-state index contributed by atoms with van der Waals surface area (Å²) in [6, 6.07) is 6.07. The van der Waals surface area contributed by atoms with Crippen LogP contribution < -0.4 is 25.0 Å². The summed E-state index contributed by atoms with van der Waals surface area (Å²) in [6.07, 6.45) is -14.7. The summed E-state index contributed by atoms with van der Waals surface area (Å²) in [5.41, 5.74) is -3.20. The Morgan fingerprint density at radius 3 is 2.35 bits per heavy atom. The molecule has 266 valence electrons. The van der Waals surface area contributed by atoms with E-state index in [-0.39, 0.29) is 35.7 Å². The van der Waals surface area contributed by atoms with Crippen molar-refractivity contribution in [2.24, 2.45) is 0 Å². The van der Waals surface area contributed by atoms with E-state index < -0.39 is 89.5 Å². The van der Waals surface area contributed by atoms with Crippen LogP contribution in [0.5, 0.6) is 17.2 Å². The van der Waals surface area contributed by atoms with E-state index in [9.17, 15) is 42.9 Å². The van der Waals surface area contributed by atoms with E-state index >= 15 is 0 Å². The van der Waals surface area contributed by atoms with E-state index in [0.29, 0.717) is 5.75 Å². The van der Waals surface area contributed by atoms with Crippen LogP contribution in [-0.4, -0.2) is 89.6 Å². The zero-order valence-corrected chi connectivity index (χ0v) is 26.6. The third kappa shape index (κ3) is 8.01. The fourth-order valence-corrected chi connectivity index (χ4v) is 5.03. The van der Waals surface area contributed by atoms with Crippen LogP contribution >= 0.6 is 0 Å². The maximum absolute atomic E-state index is 14.2. The standard InChI is InChI=1S/C32H34F3NO13/c1-14(36-30(42)49-31(2,3)4)28(41)45-13-21-24(38)25(39)26(40)29(48-21)46-16-6-7-17-19(12-16)47-27(32(33,34)35)22(23(17)37)15-5-8-18-20(11-15)44-10-9-43-18/h5-8,11-12,14,21,24-26,29,38-40H,9-10,13H2,1-4H3,(H,36,42)/t14-,21-,24-,25-,26+,29-/m1/s1. The van der Waals surface area contributed by atoms with Crippen molar-refractivity contribution in [1.82, 2.24) is 5.32 Å². The Morgan fingerprint density at radius 1 is 0.980 bits per heavy atom. The van der Waals surface area contributed by atoms with Crippen LogP contribution in [-0.2, 0) is 25.2 Å². The molecule has 0 spiro atoms. The zero-order chi connectivity index (χ0) is 35.8. The van der Waals surface area contributed by atoms with Crippen LogP contribution in [0.3, 0.4) is 0 Å². The average molecular weight is 698 g/mol. The number of hydrogen-bond donors (Lipinski definition) is 4. The van der Waals surface area contributed by atoms with Crippen molar-refractivity contribution >= 4 is 23.0 Å². The van der Waals surface area contributed by atoms with Gasteiger partial charge in [-0.15, -0.1) is 0 Å². The summed E-state index contributed by atoms with van der Waals surface area (Å²) in [6.45, 7) is 5.97. The Kier molecular flexibility index (Phi) is 10.0. The normalized spacial score (nSPS) is 23.0. The maximum atomic E-state index is 14.2. The van der Waals surface area contributed by atoms with Crippen molar-refractivity contribution in [2.75, 3.05) is 19.8 Å². The van der Waals surface area contributed by atoms with Gasteiger partial charge in [-0.2, -0.15) is 13.2 Å². The number of carbonyl (C=O) groups is 2. The van der Waals surface area contributed by atoms with Gasteiger partial charge in [0.15, 0.2) is 11.5 Å². The molecule has 0 saturated carbocycles. The topological polar surface area (TPSA) is 192 Å². The largest absolute Gasteiger partial charge is 0.486 e. The van der Waals surface area contributed by atoms with Crippen LogP contribution in [0.1, 0.15) is 33.5 Å². The third-order valence-corrected chi connectivity index (χ3v) is 7.35. The number of rotatable bonds is 7. The Labute approximate surface area is 276 Å². The number of hydrogen-bond acceptors (Lipinski definition) is 13. The molecule has 0 aliphatic carbocycles. The lowest BCUT2D eigenvalue weighted by molar-refractivity contribution is -0.278. The monoisotopic (exact) mass is 697 g/mol. The summed E-state index contributed by atoms with van der Waals surface area (Å²) in [5.74, 6) is -2.29. The number of nitrogens with one attached hydrogen (secondary N) is 1. The number of aliphatic hydroxyl groups excluding tert-OH is 3. The zero-order valence-electron chi connectivity index (χ0n) is 26.6. The Bertz CT molecular complexity index is 1770. The molecule has 0 bridgehead atoms. The molecular formula is C32H34F3NO13. The molecule has 1 saturated heterocycles. The fourth-order valence-electron chi connectivity index (χ4n) is 5.03. The third-order valence-electron chi connectivity index (χ3n) is 7.35. The van der Waals surface area contributed by atoms with E-state index in [1.165, 1.54) is 31.2 Å². The molecule has 3 aromatic rings. The number of halogens is 3. The maximum Gasteiger partial charge on any atom is 0.450 e. The molecule has 5 rings (SSSR count). The predicted molar refractivity (Wildman–Crippen MR) is 161 cm³/mol. The van der Waals surface area contributed by atoms with Crippen molar-refractivity contribution < 1.29 is 70.9 Å². The summed E-state index contributed by atoms with van der Waals surface area (Å²) in [7, 11) is 0. The highest BCUT2D eigenvalue weighted by atomic mass is 19.4. The van der Waals surface area contributed by atoms with E-state index in [4.69, 9.17) is 32.8 Å². The molecule has 4 N–H and O–H groups in total. The molecule has 14 nitrogen and oxygen atoms in total. The Hall–Kier alpha value is -4.58. The molecule has 1 amide bonds. The Morgan fingerprint density at radius 2 is 1.67 bits per heavy atom. The van der Waals surface area contributed by atoms with E-state index in [2.05, 4.69) is 5.32 Å². The molecule has 0 radical (unpaired) electrons. The van der Waals surface area contributed by atoms with Gasteiger partial charge in [-0.05, 0) is 57.5 Å². The lowest BCUT2D eigenvalue weighted by Crippen LogP contribution is -2.60. The van der Waals surface area contributed by atoms with Gasteiger partial charge in [0.1, 0.15) is 67.2 Å². The van der Waals surface area contributed by atoms with Crippen LogP contribution in [0.15, 0.2) is 45.6 Å². The van der Waals surface area contributed by atoms with Crippen molar-refractivity contribution in [3.63, 3.8) is 0 Å². The fraction of sp³-hybridized carbons (Fsp3) is 0.469. The minimum Gasteiger partial charge on any atom is -0.486 e. The second-order valence-electron chi connectivity index (χ2n) is 12.3. The van der Waals surface area contributed by atoms with Gasteiger partial charge in [0.2, 0.25) is 17.5 Å². The summed E-state index contributed by atoms with van der Waals surface area (Å²) in [5, 5.41) is 33.5. The van der Waals surface area contributed by atoms with Crippen molar-refractivity contribution in [2.45, 2.75) is 76.2 Å². The minimum atomic E-state index is -5.10. The first kappa shape index (κ1) is 35.7. The summed E-state index contributed by atoms with van der Waals surface area (Å²) in [4.78, 5) is 37.9. The van der Waals surface area contributed by atoms with Gasteiger partial charge in [0.05, 0.1) is 10.9 Å². The highest BCUT2D eigenvalue weighted by molar-refractivity contribution is 5.84. The van der Waals surface area contributed by atoms with Gasteiger partial charge in [0.25, 0.3) is 0 Å². The molecule has 1 aromatic heterocycles. The van der Waals surface area contributed by atoms with Gasteiger partial charge in [-0.3, -0.25) is 4.79 Å².